The lowest BCUT2D eigenvalue weighted by molar-refractivity contribution is 0.476. The summed E-state index contributed by atoms with van der Waals surface area (Å²) in [6, 6.07) is 60.3. The summed E-state index contributed by atoms with van der Waals surface area (Å²) < 4.78 is 15.0. The van der Waals surface area contributed by atoms with E-state index in [1.165, 1.54) is 21.5 Å². The van der Waals surface area contributed by atoms with E-state index in [4.69, 9.17) is 9.15 Å². The molecule has 50 heavy (non-hydrogen) atoms. The summed E-state index contributed by atoms with van der Waals surface area (Å²) in [6.07, 6.45) is 0. The highest BCUT2D eigenvalue weighted by Gasteiger charge is 2.24. The van der Waals surface area contributed by atoms with Crippen LogP contribution in [0.1, 0.15) is 0 Å². The molecule has 0 spiro atoms. The lowest BCUT2D eigenvalue weighted by Crippen LogP contribution is -2.11. The second-order valence-corrected chi connectivity index (χ2v) is 13.0. The van der Waals surface area contributed by atoms with Gasteiger partial charge in [-0.3, -0.25) is 0 Å². The predicted molar refractivity (Wildman–Crippen MR) is 206 cm³/mol. The van der Waals surface area contributed by atoms with Crippen molar-refractivity contribution in [3.8, 4) is 28.3 Å². The van der Waals surface area contributed by atoms with Crippen molar-refractivity contribution in [1.29, 1.82) is 0 Å². The van der Waals surface area contributed by atoms with Gasteiger partial charge in [0, 0.05) is 38.5 Å². The molecule has 2 aromatic heterocycles. The monoisotopic (exact) mass is 640 g/mol. The van der Waals surface area contributed by atoms with E-state index in [2.05, 4.69) is 155 Å². The Bertz CT molecular complexity index is 2990. The predicted octanol–water partition coefficient (Wildman–Crippen LogP) is 13.1. The molecule has 11 rings (SSSR count). The third-order valence-electron chi connectivity index (χ3n) is 10.1. The maximum Gasteiger partial charge on any atom is 0.152 e. The van der Waals surface area contributed by atoms with Crippen molar-refractivity contribution in [2.24, 2.45) is 0 Å². The molecule has 0 saturated carbocycles. The third-order valence-corrected chi connectivity index (χ3v) is 10.1. The molecule has 0 fully saturated rings. The average Bonchev–Trinajstić information content (AvgIpc) is 3.72. The normalized spacial score (nSPS) is 12.2. The van der Waals surface area contributed by atoms with Crippen molar-refractivity contribution in [3.63, 3.8) is 0 Å². The Balaban J connectivity index is 1.15. The number of hydrogen-bond acceptors (Lipinski definition) is 3. The first kappa shape index (κ1) is 27.2. The fourth-order valence-corrected chi connectivity index (χ4v) is 7.89. The molecular formula is C46H28N2O2. The lowest BCUT2D eigenvalue weighted by Gasteiger charge is -2.28. The quantitative estimate of drug-likeness (QED) is 0.192. The van der Waals surface area contributed by atoms with Gasteiger partial charge in [0.05, 0.1) is 22.4 Å². The Morgan fingerprint density at radius 2 is 1.20 bits per heavy atom. The summed E-state index contributed by atoms with van der Waals surface area (Å²) in [5, 5.41) is 6.98. The minimum atomic E-state index is 0.868. The van der Waals surface area contributed by atoms with Gasteiger partial charge in [-0.25, -0.2) is 0 Å². The summed E-state index contributed by atoms with van der Waals surface area (Å²) in [5.74, 6) is 1.75. The number of benzene rings is 8. The zero-order valence-electron chi connectivity index (χ0n) is 26.9. The molecule has 10 aromatic rings. The topological polar surface area (TPSA) is 30.5 Å². The summed E-state index contributed by atoms with van der Waals surface area (Å²) in [5.41, 5.74) is 10.6. The summed E-state index contributed by atoms with van der Waals surface area (Å²) in [7, 11) is 0. The van der Waals surface area contributed by atoms with E-state index in [9.17, 15) is 0 Å². The maximum absolute atomic E-state index is 6.39. The highest BCUT2D eigenvalue weighted by Crippen LogP contribution is 2.48. The number of anilines is 3. The van der Waals surface area contributed by atoms with Gasteiger partial charge in [-0.1, -0.05) is 97.1 Å². The summed E-state index contributed by atoms with van der Waals surface area (Å²) in [6.45, 7) is 0. The molecule has 0 radical (unpaired) electrons. The van der Waals surface area contributed by atoms with Crippen LogP contribution in [0.5, 0.6) is 11.5 Å². The molecule has 3 heterocycles. The van der Waals surface area contributed by atoms with E-state index < -0.39 is 0 Å². The fraction of sp³-hybridized carbons (Fsp3) is 0. The molecule has 1 aliphatic heterocycles. The van der Waals surface area contributed by atoms with Gasteiger partial charge in [0.25, 0.3) is 0 Å². The molecule has 4 heteroatoms. The van der Waals surface area contributed by atoms with E-state index in [1.807, 2.05) is 24.3 Å². The number of nitrogens with zero attached hydrogens (tertiary/aromatic N) is 2. The molecule has 0 N–H and O–H groups in total. The van der Waals surface area contributed by atoms with Gasteiger partial charge in [0.1, 0.15) is 11.2 Å². The summed E-state index contributed by atoms with van der Waals surface area (Å²) in [4.78, 5) is 2.38. The highest BCUT2D eigenvalue weighted by atomic mass is 16.5. The second kappa shape index (κ2) is 10.4. The van der Waals surface area contributed by atoms with Crippen molar-refractivity contribution in [3.05, 3.63) is 170 Å². The van der Waals surface area contributed by atoms with Gasteiger partial charge in [-0.15, -0.1) is 0 Å². The number of ether oxygens (including phenoxy) is 1. The Labute approximate surface area is 287 Å². The second-order valence-electron chi connectivity index (χ2n) is 13.0. The van der Waals surface area contributed by atoms with E-state index in [-0.39, 0.29) is 0 Å². The Morgan fingerprint density at radius 3 is 2.18 bits per heavy atom. The molecule has 1 aliphatic rings. The van der Waals surface area contributed by atoms with Gasteiger partial charge in [0.15, 0.2) is 11.5 Å². The number of rotatable bonds is 4. The molecule has 0 saturated heterocycles. The number of fused-ring (bicyclic) bond motifs is 9. The standard InChI is InChI=1S/C46H28N2O2/c1-2-11-30-26-32(22-20-29(30)10-1)47(33-23-25-43-38(28-33)35-13-4-7-17-42(35)49-43)39-15-5-3-12-34(39)31-21-24-40-37(27-31)36-14-9-19-45-46(36)48(40)41-16-6-8-18-44(41)50-45/h1-28H. The number of furan rings is 1. The van der Waals surface area contributed by atoms with Crippen LogP contribution in [0.15, 0.2) is 174 Å². The molecule has 0 atom stereocenters. The van der Waals surface area contributed by atoms with Gasteiger partial charge >= 0.3 is 0 Å². The molecular weight excluding hydrogens is 613 g/mol. The largest absolute Gasteiger partial charge is 0.456 e. The molecule has 0 unspecified atom stereocenters. The molecule has 0 aliphatic carbocycles. The van der Waals surface area contributed by atoms with Crippen LogP contribution in [-0.4, -0.2) is 4.57 Å². The Hall–Kier alpha value is -6.78. The number of aromatic nitrogens is 1. The minimum absolute atomic E-state index is 0.868. The molecule has 4 nitrogen and oxygen atoms in total. The van der Waals surface area contributed by atoms with Crippen molar-refractivity contribution in [2.45, 2.75) is 0 Å². The Morgan fingerprint density at radius 1 is 0.460 bits per heavy atom. The van der Waals surface area contributed by atoms with Crippen LogP contribution in [0.2, 0.25) is 0 Å². The molecule has 8 aromatic carbocycles. The first-order valence-corrected chi connectivity index (χ1v) is 16.9. The van der Waals surface area contributed by atoms with E-state index in [1.54, 1.807) is 0 Å². The van der Waals surface area contributed by atoms with E-state index >= 15 is 0 Å². The van der Waals surface area contributed by atoms with Crippen LogP contribution in [-0.2, 0) is 0 Å². The first-order valence-electron chi connectivity index (χ1n) is 16.9. The zero-order valence-corrected chi connectivity index (χ0v) is 26.9. The van der Waals surface area contributed by atoms with Crippen LogP contribution in [0.25, 0.3) is 71.3 Å². The lowest BCUT2D eigenvalue weighted by atomic mass is 9.99. The fourth-order valence-electron chi connectivity index (χ4n) is 7.89. The van der Waals surface area contributed by atoms with E-state index in [0.29, 0.717) is 0 Å². The van der Waals surface area contributed by atoms with Crippen molar-refractivity contribution in [2.75, 3.05) is 4.90 Å². The van der Waals surface area contributed by atoms with Gasteiger partial charge in [0.2, 0.25) is 0 Å². The Kier molecular flexibility index (Phi) is 5.63. The first-order chi connectivity index (χ1) is 24.8. The van der Waals surface area contributed by atoms with Crippen molar-refractivity contribution in [1.82, 2.24) is 4.57 Å². The van der Waals surface area contributed by atoms with Crippen LogP contribution >= 0.6 is 0 Å². The molecule has 0 amide bonds. The minimum Gasteiger partial charge on any atom is -0.456 e. The van der Waals surface area contributed by atoms with Gasteiger partial charge < -0.3 is 18.6 Å². The molecule has 0 bridgehead atoms. The van der Waals surface area contributed by atoms with Crippen LogP contribution < -0.4 is 9.64 Å². The van der Waals surface area contributed by atoms with Gasteiger partial charge in [-0.05, 0) is 89.1 Å². The zero-order chi connectivity index (χ0) is 32.8. The van der Waals surface area contributed by atoms with Gasteiger partial charge in [-0.2, -0.15) is 0 Å². The van der Waals surface area contributed by atoms with Crippen LogP contribution in [0.3, 0.4) is 0 Å². The smallest absolute Gasteiger partial charge is 0.152 e. The molecule has 234 valence electrons. The average molecular weight is 641 g/mol. The number of para-hydroxylation sites is 5. The summed E-state index contributed by atoms with van der Waals surface area (Å²) >= 11 is 0. The van der Waals surface area contributed by atoms with Crippen LogP contribution in [0.4, 0.5) is 17.1 Å². The number of hydrogen-bond donors (Lipinski definition) is 0. The van der Waals surface area contributed by atoms with Crippen molar-refractivity contribution >= 4 is 71.6 Å². The van der Waals surface area contributed by atoms with Crippen LogP contribution in [0, 0.1) is 0 Å². The maximum atomic E-state index is 6.39. The SMILES string of the molecule is c1ccc2c(c1)Oc1cccc3c4cc(-c5ccccc5N(c5ccc6ccccc6c5)c5ccc6oc7ccccc7c6c5)ccc4n-2c13. The van der Waals surface area contributed by atoms with Crippen molar-refractivity contribution < 1.29 is 9.15 Å². The highest BCUT2D eigenvalue weighted by molar-refractivity contribution is 6.13. The van der Waals surface area contributed by atoms with E-state index in [0.717, 1.165) is 78.3 Å². The third kappa shape index (κ3) is 3.93.